The number of rotatable bonds is 7. The van der Waals surface area contributed by atoms with E-state index in [1.54, 1.807) is 0 Å². The molecular weight excluding hydrogens is 398 g/mol. The zero-order chi connectivity index (χ0) is 20.1. The van der Waals surface area contributed by atoms with Crippen molar-refractivity contribution in [3.8, 4) is 11.1 Å². The van der Waals surface area contributed by atoms with Crippen LogP contribution in [0.3, 0.4) is 0 Å². The zero-order valence-electron chi connectivity index (χ0n) is 16.7. The van der Waals surface area contributed by atoms with Crippen LogP contribution >= 0.6 is 12.4 Å². The first-order valence-corrected chi connectivity index (χ1v) is 10.00. The summed E-state index contributed by atoms with van der Waals surface area (Å²) in [5.41, 5.74) is 5.94. The minimum absolute atomic E-state index is 0. The average molecular weight is 424 g/mol. The molecule has 0 fully saturated rings. The molecule has 0 saturated carbocycles. The summed E-state index contributed by atoms with van der Waals surface area (Å²) >= 11 is 0. The molecule has 2 N–H and O–H groups in total. The van der Waals surface area contributed by atoms with Crippen molar-refractivity contribution in [2.45, 2.75) is 12.3 Å². The topological polar surface area (TPSA) is 58.6 Å². The van der Waals surface area contributed by atoms with Crippen LogP contribution in [0, 0.1) is 5.92 Å². The number of carbonyl (C=O) groups excluding carboxylic acids is 1. The van der Waals surface area contributed by atoms with Crippen LogP contribution in [0.1, 0.15) is 22.6 Å². The Morgan fingerprint density at radius 2 is 1.47 bits per heavy atom. The molecule has 3 aromatic carbocycles. The molecule has 1 aliphatic rings. The van der Waals surface area contributed by atoms with Gasteiger partial charge in [0.15, 0.2) is 0 Å². The minimum Gasteiger partial charge on any atom is -0.449 e. The molecule has 0 radical (unpaired) electrons. The molecule has 1 aliphatic carbocycles. The number of carbonyl (C=O) groups is 1. The van der Waals surface area contributed by atoms with Crippen LogP contribution in [0.15, 0.2) is 78.9 Å². The lowest BCUT2D eigenvalue weighted by atomic mass is 9.98. The minimum atomic E-state index is -0.446. The highest BCUT2D eigenvalue weighted by atomic mass is 35.5. The van der Waals surface area contributed by atoms with Crippen LogP contribution < -0.4 is 5.32 Å². The molecule has 5 heteroatoms. The molecule has 0 heterocycles. The van der Waals surface area contributed by atoms with Gasteiger partial charge in [-0.1, -0.05) is 78.9 Å². The van der Waals surface area contributed by atoms with E-state index >= 15 is 0 Å². The Hall–Kier alpha value is -2.82. The van der Waals surface area contributed by atoms with E-state index in [-0.39, 0.29) is 30.8 Å². The highest BCUT2D eigenvalue weighted by Crippen LogP contribution is 2.44. The Bertz CT molecular complexity index is 931. The van der Waals surface area contributed by atoms with Crippen molar-refractivity contribution in [3.05, 3.63) is 95.6 Å². The molecule has 0 aromatic heterocycles. The summed E-state index contributed by atoms with van der Waals surface area (Å²) < 4.78 is 5.55. The second kappa shape index (κ2) is 10.3. The van der Waals surface area contributed by atoms with Gasteiger partial charge < -0.3 is 15.2 Å². The molecule has 4 nitrogen and oxygen atoms in total. The number of fused-ring (bicyclic) bond motifs is 3. The monoisotopic (exact) mass is 423 g/mol. The van der Waals surface area contributed by atoms with E-state index in [0.717, 1.165) is 5.56 Å². The fourth-order valence-corrected chi connectivity index (χ4v) is 4.03. The standard InChI is InChI=1S/C25H25NO3.ClH/c27-16-19(14-18-8-2-1-3-9-18)15-26-25(28)29-17-24-22-12-6-4-10-20(22)21-11-5-7-13-23(21)24;/h1-13,19,24,27H,14-17H2,(H,26,28);1H/t19-;/m0./s1. The van der Waals surface area contributed by atoms with Crippen LogP contribution in [0.5, 0.6) is 0 Å². The smallest absolute Gasteiger partial charge is 0.407 e. The van der Waals surface area contributed by atoms with Crippen LogP contribution in [-0.2, 0) is 11.2 Å². The summed E-state index contributed by atoms with van der Waals surface area (Å²) in [6.07, 6.45) is 0.263. The number of aliphatic hydroxyl groups is 1. The first kappa shape index (κ1) is 21.9. The number of alkyl carbamates (subject to hydrolysis) is 1. The largest absolute Gasteiger partial charge is 0.449 e. The average Bonchev–Trinajstić information content (AvgIpc) is 3.09. The Balaban J connectivity index is 0.00000256. The van der Waals surface area contributed by atoms with E-state index in [1.165, 1.54) is 22.3 Å². The molecule has 156 valence electrons. The second-order valence-corrected chi connectivity index (χ2v) is 7.44. The number of hydrogen-bond donors (Lipinski definition) is 2. The first-order valence-electron chi connectivity index (χ1n) is 10.00. The van der Waals surface area contributed by atoms with Gasteiger partial charge in [0.2, 0.25) is 0 Å². The molecule has 3 aromatic rings. The van der Waals surface area contributed by atoms with Crippen molar-refractivity contribution in [2.24, 2.45) is 5.92 Å². The van der Waals surface area contributed by atoms with Crippen molar-refractivity contribution < 1.29 is 14.6 Å². The SMILES string of the molecule is Cl.O=C(NC[C@@H](CO)Cc1ccccc1)OCC1c2ccccc2-c2ccccc21. The van der Waals surface area contributed by atoms with E-state index in [9.17, 15) is 9.90 Å². The summed E-state index contributed by atoms with van der Waals surface area (Å²) in [6.45, 7) is 0.683. The zero-order valence-corrected chi connectivity index (χ0v) is 17.5. The van der Waals surface area contributed by atoms with Crippen LogP contribution in [-0.4, -0.2) is 31.0 Å². The third kappa shape index (κ3) is 4.84. The van der Waals surface area contributed by atoms with Gasteiger partial charge >= 0.3 is 6.09 Å². The van der Waals surface area contributed by atoms with Gasteiger partial charge in [-0.05, 0) is 34.2 Å². The molecule has 0 bridgehead atoms. The van der Waals surface area contributed by atoms with Gasteiger partial charge in [-0.15, -0.1) is 12.4 Å². The highest BCUT2D eigenvalue weighted by Gasteiger charge is 2.29. The number of nitrogens with one attached hydrogen (secondary N) is 1. The normalized spacial score (nSPS) is 13.0. The summed E-state index contributed by atoms with van der Waals surface area (Å²) in [5.74, 6) is 0.00369. The first-order chi connectivity index (χ1) is 14.3. The molecule has 0 aliphatic heterocycles. The lowest BCUT2D eigenvalue weighted by Crippen LogP contribution is -2.33. The Morgan fingerprint density at radius 3 is 2.07 bits per heavy atom. The van der Waals surface area contributed by atoms with E-state index in [2.05, 4.69) is 29.6 Å². The second-order valence-electron chi connectivity index (χ2n) is 7.44. The van der Waals surface area contributed by atoms with Gasteiger partial charge in [0.1, 0.15) is 6.61 Å². The van der Waals surface area contributed by atoms with Gasteiger partial charge in [-0.3, -0.25) is 0 Å². The number of benzene rings is 3. The van der Waals surface area contributed by atoms with E-state index in [4.69, 9.17) is 4.74 Å². The summed E-state index contributed by atoms with van der Waals surface area (Å²) in [5, 5.41) is 12.4. The van der Waals surface area contributed by atoms with Gasteiger partial charge in [0.05, 0.1) is 0 Å². The van der Waals surface area contributed by atoms with Gasteiger partial charge in [-0.2, -0.15) is 0 Å². The molecule has 1 atom stereocenters. The Labute approximate surface area is 183 Å². The van der Waals surface area contributed by atoms with Crippen molar-refractivity contribution in [2.75, 3.05) is 19.8 Å². The summed E-state index contributed by atoms with van der Waals surface area (Å²) in [7, 11) is 0. The maximum absolute atomic E-state index is 12.3. The van der Waals surface area contributed by atoms with Crippen LogP contribution in [0.25, 0.3) is 11.1 Å². The van der Waals surface area contributed by atoms with Crippen molar-refractivity contribution >= 4 is 18.5 Å². The molecular formula is C25H26ClNO3. The number of aliphatic hydroxyl groups excluding tert-OH is 1. The molecule has 0 saturated heterocycles. The third-order valence-corrected chi connectivity index (χ3v) is 5.50. The molecule has 0 unspecified atom stereocenters. The molecule has 1 amide bonds. The quantitative estimate of drug-likeness (QED) is 0.574. The van der Waals surface area contributed by atoms with Crippen molar-refractivity contribution in [3.63, 3.8) is 0 Å². The lowest BCUT2D eigenvalue weighted by molar-refractivity contribution is 0.138. The van der Waals surface area contributed by atoms with E-state index < -0.39 is 6.09 Å². The number of ether oxygens (including phenoxy) is 1. The van der Waals surface area contributed by atoms with Crippen molar-refractivity contribution in [1.82, 2.24) is 5.32 Å². The number of amides is 1. The van der Waals surface area contributed by atoms with Crippen LogP contribution in [0.2, 0.25) is 0 Å². The Morgan fingerprint density at radius 1 is 0.900 bits per heavy atom. The third-order valence-electron chi connectivity index (χ3n) is 5.50. The Kier molecular flexibility index (Phi) is 7.50. The predicted molar refractivity (Wildman–Crippen MR) is 121 cm³/mol. The van der Waals surface area contributed by atoms with Crippen LogP contribution in [0.4, 0.5) is 4.79 Å². The van der Waals surface area contributed by atoms with E-state index in [1.807, 2.05) is 54.6 Å². The highest BCUT2D eigenvalue weighted by molar-refractivity contribution is 5.85. The van der Waals surface area contributed by atoms with Gasteiger partial charge in [-0.25, -0.2) is 4.79 Å². The van der Waals surface area contributed by atoms with Gasteiger partial charge in [0, 0.05) is 25.0 Å². The van der Waals surface area contributed by atoms with Gasteiger partial charge in [0.25, 0.3) is 0 Å². The summed E-state index contributed by atoms with van der Waals surface area (Å²) in [6, 6.07) is 26.5. The molecule has 30 heavy (non-hydrogen) atoms. The van der Waals surface area contributed by atoms with Crippen molar-refractivity contribution in [1.29, 1.82) is 0 Å². The van der Waals surface area contributed by atoms with E-state index in [0.29, 0.717) is 19.6 Å². The number of halogens is 1. The maximum Gasteiger partial charge on any atom is 0.407 e. The fourth-order valence-electron chi connectivity index (χ4n) is 4.03. The predicted octanol–water partition coefficient (Wildman–Crippen LogP) is 4.80. The maximum atomic E-state index is 12.3. The fraction of sp³-hybridized carbons (Fsp3) is 0.240. The lowest BCUT2D eigenvalue weighted by Gasteiger charge is -2.17. The molecule has 4 rings (SSSR count). The summed E-state index contributed by atoms with van der Waals surface area (Å²) in [4.78, 5) is 12.3. The number of hydrogen-bond acceptors (Lipinski definition) is 3. The molecule has 0 spiro atoms.